The van der Waals surface area contributed by atoms with Crippen molar-refractivity contribution in [3.8, 4) is 0 Å². The molecule has 0 aromatic heterocycles. The second kappa shape index (κ2) is 3.09. The number of sulfone groups is 1. The van der Waals surface area contributed by atoms with Crippen LogP contribution in [0.5, 0.6) is 0 Å². The van der Waals surface area contributed by atoms with Crippen LogP contribution in [-0.4, -0.2) is 14.2 Å². The highest BCUT2D eigenvalue weighted by Crippen LogP contribution is 2.31. The predicted octanol–water partition coefficient (Wildman–Crippen LogP) is 2.14. The van der Waals surface area contributed by atoms with Gasteiger partial charge in [-0.05, 0) is 29.5 Å². The molecular weight excluding hydrogens is 196 g/mol. The van der Waals surface area contributed by atoms with Crippen molar-refractivity contribution >= 4 is 9.84 Å². The first kappa shape index (κ1) is 9.71. The van der Waals surface area contributed by atoms with Gasteiger partial charge in [0.1, 0.15) is 0 Å². The Labute approximate surface area is 84.9 Å². The van der Waals surface area contributed by atoms with Crippen molar-refractivity contribution in [3.63, 3.8) is 0 Å². The van der Waals surface area contributed by atoms with Gasteiger partial charge in [-0.2, -0.15) is 0 Å². The third-order valence-electron chi connectivity index (χ3n) is 2.75. The molecule has 0 saturated heterocycles. The van der Waals surface area contributed by atoms with E-state index in [0.29, 0.717) is 17.2 Å². The van der Waals surface area contributed by atoms with Crippen LogP contribution in [-0.2, 0) is 16.3 Å². The van der Waals surface area contributed by atoms with Crippen molar-refractivity contribution in [2.45, 2.75) is 31.1 Å². The molecule has 0 bridgehead atoms. The molecule has 0 N–H and O–H groups in total. The normalized spacial score (nSPS) is 18.5. The van der Waals surface area contributed by atoms with Gasteiger partial charge in [0.25, 0.3) is 0 Å². The molecule has 3 heteroatoms. The molecule has 1 aromatic rings. The van der Waals surface area contributed by atoms with Gasteiger partial charge in [-0.3, -0.25) is 0 Å². The minimum atomic E-state index is -2.96. The Balaban J connectivity index is 2.68. The van der Waals surface area contributed by atoms with E-state index in [1.807, 2.05) is 12.1 Å². The van der Waals surface area contributed by atoms with Crippen molar-refractivity contribution in [1.82, 2.24) is 0 Å². The van der Waals surface area contributed by atoms with E-state index < -0.39 is 9.84 Å². The smallest absolute Gasteiger partial charge is 0.178 e. The van der Waals surface area contributed by atoms with Crippen LogP contribution in [0.1, 0.15) is 30.9 Å². The number of rotatable bonds is 1. The van der Waals surface area contributed by atoms with E-state index in [-0.39, 0.29) is 5.75 Å². The Kier molecular flexibility index (Phi) is 2.14. The molecule has 14 heavy (non-hydrogen) atoms. The Hall–Kier alpha value is -0.830. The molecule has 1 aromatic carbocycles. The third-order valence-corrected chi connectivity index (χ3v) is 4.54. The summed E-state index contributed by atoms with van der Waals surface area (Å²) in [7, 11) is -2.96. The number of fused-ring (bicyclic) bond motifs is 1. The highest BCUT2D eigenvalue weighted by Gasteiger charge is 2.28. The Morgan fingerprint density at radius 3 is 2.64 bits per heavy atom. The third kappa shape index (κ3) is 1.36. The molecule has 1 aliphatic heterocycles. The van der Waals surface area contributed by atoms with Gasteiger partial charge in [0.2, 0.25) is 0 Å². The molecule has 0 aliphatic carbocycles. The van der Waals surface area contributed by atoms with E-state index in [4.69, 9.17) is 0 Å². The second-order valence-electron chi connectivity index (χ2n) is 4.05. The van der Waals surface area contributed by atoms with Gasteiger partial charge in [-0.1, -0.05) is 26.0 Å². The summed E-state index contributed by atoms with van der Waals surface area (Å²) in [6.07, 6.45) is 0.687. The molecule has 2 rings (SSSR count). The zero-order valence-electron chi connectivity index (χ0n) is 8.45. The average Bonchev–Trinajstić information content (AvgIpc) is 2.42. The monoisotopic (exact) mass is 210 g/mol. The summed E-state index contributed by atoms with van der Waals surface area (Å²) < 4.78 is 23.3. The zero-order valence-corrected chi connectivity index (χ0v) is 9.26. The fourth-order valence-electron chi connectivity index (χ4n) is 2.03. The van der Waals surface area contributed by atoms with E-state index in [9.17, 15) is 8.42 Å². The van der Waals surface area contributed by atoms with Crippen molar-refractivity contribution in [1.29, 1.82) is 0 Å². The SMILES string of the molecule is CC(C)c1cccc2c1CCS2(=O)=O. The van der Waals surface area contributed by atoms with E-state index in [1.165, 1.54) is 5.56 Å². The average molecular weight is 210 g/mol. The van der Waals surface area contributed by atoms with Crippen molar-refractivity contribution in [3.05, 3.63) is 29.3 Å². The molecular formula is C11H14O2S. The van der Waals surface area contributed by atoms with Gasteiger partial charge < -0.3 is 0 Å². The van der Waals surface area contributed by atoms with Crippen LogP contribution < -0.4 is 0 Å². The topological polar surface area (TPSA) is 34.1 Å². The number of benzene rings is 1. The summed E-state index contributed by atoms with van der Waals surface area (Å²) in [5, 5.41) is 0. The number of hydrogen-bond acceptors (Lipinski definition) is 2. The first-order valence-electron chi connectivity index (χ1n) is 4.87. The lowest BCUT2D eigenvalue weighted by Gasteiger charge is -2.10. The summed E-state index contributed by atoms with van der Waals surface area (Å²) in [5.74, 6) is 0.685. The van der Waals surface area contributed by atoms with Crippen LogP contribution in [0.4, 0.5) is 0 Å². The molecule has 0 spiro atoms. The molecule has 0 unspecified atom stereocenters. The Morgan fingerprint density at radius 2 is 2.00 bits per heavy atom. The molecule has 0 atom stereocenters. The van der Waals surface area contributed by atoms with Gasteiger partial charge >= 0.3 is 0 Å². The van der Waals surface area contributed by atoms with Crippen molar-refractivity contribution in [2.75, 3.05) is 5.75 Å². The molecule has 1 heterocycles. The van der Waals surface area contributed by atoms with Crippen molar-refractivity contribution < 1.29 is 8.42 Å². The predicted molar refractivity (Wildman–Crippen MR) is 56.3 cm³/mol. The molecule has 0 saturated carbocycles. The first-order valence-corrected chi connectivity index (χ1v) is 6.52. The Bertz CT molecular complexity index is 458. The second-order valence-corrected chi connectivity index (χ2v) is 6.13. The minimum absolute atomic E-state index is 0.284. The fourth-order valence-corrected chi connectivity index (χ4v) is 3.60. The lowest BCUT2D eigenvalue weighted by molar-refractivity contribution is 0.600. The molecule has 76 valence electrons. The van der Waals surface area contributed by atoms with Crippen LogP contribution in [0.15, 0.2) is 23.1 Å². The van der Waals surface area contributed by atoms with Crippen LogP contribution >= 0.6 is 0 Å². The maximum atomic E-state index is 11.6. The standard InChI is InChI=1S/C11H14O2S/c1-8(2)9-4-3-5-11-10(9)6-7-14(11,12)13/h3-5,8H,6-7H2,1-2H3. The van der Waals surface area contributed by atoms with Crippen LogP contribution in [0.3, 0.4) is 0 Å². The molecule has 2 nitrogen and oxygen atoms in total. The van der Waals surface area contributed by atoms with Gasteiger partial charge in [0.05, 0.1) is 10.6 Å². The minimum Gasteiger partial charge on any atom is -0.224 e. The molecule has 0 radical (unpaired) electrons. The summed E-state index contributed by atoms with van der Waals surface area (Å²) in [4.78, 5) is 0.559. The quantitative estimate of drug-likeness (QED) is 0.711. The maximum Gasteiger partial charge on any atom is 0.178 e. The highest BCUT2D eigenvalue weighted by atomic mass is 32.2. The first-order chi connectivity index (χ1) is 6.52. The highest BCUT2D eigenvalue weighted by molar-refractivity contribution is 7.91. The van der Waals surface area contributed by atoms with E-state index >= 15 is 0 Å². The zero-order chi connectivity index (χ0) is 10.3. The van der Waals surface area contributed by atoms with E-state index in [2.05, 4.69) is 13.8 Å². The number of hydrogen-bond donors (Lipinski definition) is 0. The lowest BCUT2D eigenvalue weighted by atomic mass is 9.96. The summed E-state index contributed by atoms with van der Waals surface area (Å²) >= 11 is 0. The van der Waals surface area contributed by atoms with Crippen LogP contribution in [0.25, 0.3) is 0 Å². The molecule has 0 amide bonds. The van der Waals surface area contributed by atoms with Gasteiger partial charge in [0.15, 0.2) is 9.84 Å². The van der Waals surface area contributed by atoms with Crippen molar-refractivity contribution in [2.24, 2.45) is 0 Å². The van der Waals surface area contributed by atoms with Gasteiger partial charge in [-0.25, -0.2) is 8.42 Å². The molecule has 1 aliphatic rings. The van der Waals surface area contributed by atoms with Crippen LogP contribution in [0, 0.1) is 0 Å². The van der Waals surface area contributed by atoms with E-state index in [0.717, 1.165) is 5.56 Å². The maximum absolute atomic E-state index is 11.6. The summed E-state index contributed by atoms with van der Waals surface area (Å²) in [6.45, 7) is 4.20. The lowest BCUT2D eigenvalue weighted by Crippen LogP contribution is -1.98. The van der Waals surface area contributed by atoms with Crippen LogP contribution in [0.2, 0.25) is 0 Å². The summed E-state index contributed by atoms with van der Waals surface area (Å²) in [5.41, 5.74) is 2.23. The van der Waals surface area contributed by atoms with E-state index in [1.54, 1.807) is 6.07 Å². The Morgan fingerprint density at radius 1 is 1.29 bits per heavy atom. The summed E-state index contributed by atoms with van der Waals surface area (Å²) in [6, 6.07) is 5.60. The molecule has 0 fully saturated rings. The van der Waals surface area contributed by atoms with Gasteiger partial charge in [0, 0.05) is 0 Å². The largest absolute Gasteiger partial charge is 0.224 e. The fraction of sp³-hybridized carbons (Fsp3) is 0.455. The van der Waals surface area contributed by atoms with Gasteiger partial charge in [-0.15, -0.1) is 0 Å².